The van der Waals surface area contributed by atoms with Crippen molar-refractivity contribution in [3.63, 3.8) is 0 Å². The molecule has 4 fully saturated rings. The molecule has 4 rings (SSSR count). The molecule has 0 aromatic heterocycles. The number of likely N-dealkylation sites (N-methyl/N-ethyl adjacent to an activating group) is 2. The molecule has 7 unspecified atom stereocenters. The second-order valence-corrected chi connectivity index (χ2v) is 13.1. The Bertz CT molecular complexity index is 535. The molecule has 0 saturated heterocycles. The van der Waals surface area contributed by atoms with Crippen molar-refractivity contribution >= 4 is 0 Å². The fourth-order valence-corrected chi connectivity index (χ4v) is 10.2. The molecule has 0 heterocycles. The molecule has 4 aliphatic carbocycles. The van der Waals surface area contributed by atoms with Gasteiger partial charge in [0, 0.05) is 11.6 Å². The Morgan fingerprint density at radius 2 is 1.12 bits per heavy atom. The van der Waals surface area contributed by atoms with Gasteiger partial charge >= 0.3 is 0 Å². The Balaban J connectivity index is 1.61. The first-order valence-corrected chi connectivity index (χ1v) is 16.1. The van der Waals surface area contributed by atoms with Crippen LogP contribution in [0, 0.1) is 35.5 Å². The number of nitrogens with one attached hydrogen (secondary N) is 2. The van der Waals surface area contributed by atoms with Crippen LogP contribution in [0.15, 0.2) is 0 Å². The highest BCUT2D eigenvalue weighted by atomic mass is 15.1. The van der Waals surface area contributed by atoms with Crippen molar-refractivity contribution in [1.29, 1.82) is 0 Å². The van der Waals surface area contributed by atoms with Gasteiger partial charge in [-0.25, -0.2) is 0 Å². The van der Waals surface area contributed by atoms with Gasteiger partial charge in [-0.15, -0.1) is 0 Å². The van der Waals surface area contributed by atoms with Crippen LogP contribution in [0.1, 0.15) is 142 Å². The highest BCUT2D eigenvalue weighted by Gasteiger charge is 2.56. The van der Waals surface area contributed by atoms with E-state index >= 15 is 0 Å². The van der Waals surface area contributed by atoms with Crippen LogP contribution in [0.5, 0.6) is 0 Å². The van der Waals surface area contributed by atoms with Gasteiger partial charge < -0.3 is 10.6 Å². The molecule has 4 aliphatic rings. The summed E-state index contributed by atoms with van der Waals surface area (Å²) in [6.07, 6.45) is 31.0. The second kappa shape index (κ2) is 13.5. The zero-order chi connectivity index (χ0) is 23.8. The van der Waals surface area contributed by atoms with Crippen LogP contribution in [-0.2, 0) is 0 Å². The molecule has 0 bridgehead atoms. The van der Waals surface area contributed by atoms with Crippen LogP contribution >= 0.6 is 0 Å². The zero-order valence-electron chi connectivity index (χ0n) is 23.4. The van der Waals surface area contributed by atoms with E-state index in [1.165, 1.54) is 135 Å². The maximum Gasteiger partial charge on any atom is 0.0395 e. The first kappa shape index (κ1) is 27.0. The Morgan fingerprint density at radius 3 is 1.65 bits per heavy atom. The van der Waals surface area contributed by atoms with Crippen LogP contribution < -0.4 is 10.6 Å². The summed E-state index contributed by atoms with van der Waals surface area (Å²) in [6.45, 7) is 2.34. The van der Waals surface area contributed by atoms with E-state index in [-0.39, 0.29) is 0 Å². The van der Waals surface area contributed by atoms with Gasteiger partial charge in [-0.1, -0.05) is 110 Å². The van der Waals surface area contributed by atoms with Crippen molar-refractivity contribution in [3.8, 4) is 0 Å². The van der Waals surface area contributed by atoms with Crippen LogP contribution in [0.2, 0.25) is 0 Å². The smallest absolute Gasteiger partial charge is 0.0395 e. The Morgan fingerprint density at radius 1 is 0.618 bits per heavy atom. The summed E-state index contributed by atoms with van der Waals surface area (Å²) in [6, 6.07) is 0.639. The molecule has 2 heteroatoms. The highest BCUT2D eigenvalue weighted by molar-refractivity contribution is 5.12. The first-order valence-electron chi connectivity index (χ1n) is 16.1. The van der Waals surface area contributed by atoms with Crippen molar-refractivity contribution in [2.45, 2.75) is 153 Å². The fourth-order valence-electron chi connectivity index (χ4n) is 10.2. The predicted molar refractivity (Wildman–Crippen MR) is 148 cm³/mol. The molecular weight excluding hydrogens is 412 g/mol. The van der Waals surface area contributed by atoms with Gasteiger partial charge in [0.05, 0.1) is 0 Å². The summed E-state index contributed by atoms with van der Waals surface area (Å²) in [5.41, 5.74) is 0.305. The lowest BCUT2D eigenvalue weighted by atomic mass is 9.49. The average molecular weight is 473 g/mol. The average Bonchev–Trinajstić information content (AvgIpc) is 2.90. The van der Waals surface area contributed by atoms with Crippen LogP contribution in [0.25, 0.3) is 0 Å². The molecule has 0 amide bonds. The molecule has 0 aromatic carbocycles. The van der Waals surface area contributed by atoms with E-state index in [2.05, 4.69) is 31.7 Å². The predicted octanol–water partition coefficient (Wildman–Crippen LogP) is 8.50. The molecular formula is C32H60N2. The summed E-state index contributed by atoms with van der Waals surface area (Å²) < 4.78 is 0. The molecule has 2 N–H and O–H groups in total. The van der Waals surface area contributed by atoms with Crippen LogP contribution in [0.4, 0.5) is 0 Å². The van der Waals surface area contributed by atoms with Gasteiger partial charge in [-0.2, -0.15) is 0 Å². The number of hydrogen-bond donors (Lipinski definition) is 2. The molecule has 0 radical (unpaired) electrons. The molecule has 34 heavy (non-hydrogen) atoms. The maximum absolute atomic E-state index is 4.27. The van der Waals surface area contributed by atoms with Crippen molar-refractivity contribution < 1.29 is 0 Å². The van der Waals surface area contributed by atoms with E-state index in [0.717, 1.165) is 35.5 Å². The van der Waals surface area contributed by atoms with E-state index in [1.807, 2.05) is 0 Å². The molecule has 0 aromatic rings. The molecule has 2 nitrogen and oxygen atoms in total. The SMILES string of the molecule is CCCCCCCCC(NC)C(NC)(C1CCCC2CCCCC21)C1CCCC2CCCCC21. The van der Waals surface area contributed by atoms with E-state index in [4.69, 9.17) is 0 Å². The largest absolute Gasteiger partial charge is 0.315 e. The van der Waals surface area contributed by atoms with Gasteiger partial charge in [0.2, 0.25) is 0 Å². The van der Waals surface area contributed by atoms with E-state index < -0.39 is 0 Å². The number of unbranched alkanes of at least 4 members (excludes halogenated alkanes) is 5. The third-order valence-corrected chi connectivity index (χ3v) is 11.6. The van der Waals surface area contributed by atoms with Gasteiger partial charge in [-0.05, 0) is 81.7 Å². The van der Waals surface area contributed by atoms with Crippen molar-refractivity contribution in [3.05, 3.63) is 0 Å². The van der Waals surface area contributed by atoms with E-state index in [0.29, 0.717) is 11.6 Å². The number of rotatable bonds is 12. The third kappa shape index (κ3) is 5.74. The minimum absolute atomic E-state index is 0.305. The molecule has 0 spiro atoms. The molecule has 198 valence electrons. The van der Waals surface area contributed by atoms with Gasteiger partial charge in [-0.3, -0.25) is 0 Å². The van der Waals surface area contributed by atoms with Crippen molar-refractivity contribution in [1.82, 2.24) is 10.6 Å². The van der Waals surface area contributed by atoms with Crippen molar-refractivity contribution in [2.75, 3.05) is 14.1 Å². The highest BCUT2D eigenvalue weighted by Crippen LogP contribution is 2.56. The van der Waals surface area contributed by atoms with Gasteiger partial charge in [0.15, 0.2) is 0 Å². The second-order valence-electron chi connectivity index (χ2n) is 13.1. The monoisotopic (exact) mass is 472 g/mol. The standard InChI is InChI=1S/C32H60N2/c1-4-5-6-7-8-9-24-31(33-2)32(34-3,29-22-14-18-25-16-10-12-20-27(25)29)30-23-15-19-26-17-11-13-21-28(26)30/h25-31,33-34H,4-24H2,1-3H3. The topological polar surface area (TPSA) is 24.1 Å². The maximum atomic E-state index is 4.27. The molecule has 0 aliphatic heterocycles. The molecule has 7 atom stereocenters. The number of hydrogen-bond acceptors (Lipinski definition) is 2. The normalized spacial score (nSPS) is 36.8. The zero-order valence-corrected chi connectivity index (χ0v) is 23.4. The lowest BCUT2D eigenvalue weighted by molar-refractivity contribution is -0.0634. The number of fused-ring (bicyclic) bond motifs is 2. The first-order chi connectivity index (χ1) is 16.8. The van der Waals surface area contributed by atoms with E-state index in [9.17, 15) is 0 Å². The summed E-state index contributed by atoms with van der Waals surface area (Å²) in [5, 5.41) is 8.29. The van der Waals surface area contributed by atoms with Gasteiger partial charge in [0.1, 0.15) is 0 Å². The van der Waals surface area contributed by atoms with Gasteiger partial charge in [0.25, 0.3) is 0 Å². The summed E-state index contributed by atoms with van der Waals surface area (Å²) >= 11 is 0. The fraction of sp³-hybridized carbons (Fsp3) is 1.00. The van der Waals surface area contributed by atoms with Crippen LogP contribution in [-0.4, -0.2) is 25.7 Å². The lowest BCUT2D eigenvalue weighted by Gasteiger charge is -2.61. The lowest BCUT2D eigenvalue weighted by Crippen LogP contribution is -2.70. The quantitative estimate of drug-likeness (QED) is 0.278. The minimum Gasteiger partial charge on any atom is -0.315 e. The van der Waals surface area contributed by atoms with Crippen LogP contribution in [0.3, 0.4) is 0 Å². The summed E-state index contributed by atoms with van der Waals surface area (Å²) in [4.78, 5) is 0. The minimum atomic E-state index is 0.305. The Kier molecular flexibility index (Phi) is 10.7. The Hall–Kier alpha value is -0.0800. The van der Waals surface area contributed by atoms with Crippen molar-refractivity contribution in [2.24, 2.45) is 35.5 Å². The Labute approximate surface area is 213 Å². The summed E-state index contributed by atoms with van der Waals surface area (Å²) in [5.74, 6) is 5.80. The summed E-state index contributed by atoms with van der Waals surface area (Å²) in [7, 11) is 4.71. The van der Waals surface area contributed by atoms with E-state index in [1.54, 1.807) is 0 Å². The third-order valence-electron chi connectivity index (χ3n) is 11.6. The molecule has 4 saturated carbocycles.